The van der Waals surface area contributed by atoms with E-state index in [0.717, 1.165) is 17.5 Å². The number of aliphatic hydroxyl groups excluding tert-OH is 1. The monoisotopic (exact) mass is 402 g/mol. The van der Waals surface area contributed by atoms with E-state index >= 15 is 0 Å². The number of aliphatic hydroxyl groups is 1. The first-order valence-corrected chi connectivity index (χ1v) is 8.78. The van der Waals surface area contributed by atoms with Crippen LogP contribution in [0.3, 0.4) is 0 Å². The molecule has 0 fully saturated rings. The second-order valence-electron chi connectivity index (χ2n) is 6.22. The van der Waals surface area contributed by atoms with Crippen molar-refractivity contribution in [2.45, 2.75) is 13.0 Å². The standard InChI is InChI=1S/C18H16ClFN6O2/c1-10-17(23-24-25(10)2)11-5-15(18-13(19)7-22-26(18)8-11)28-16(9-27)14-4-3-12(20)6-21-14/h3-8,16,27H,9H2,1-2H3/t16-/m1/s1. The Labute approximate surface area is 164 Å². The Morgan fingerprint density at radius 2 is 2.14 bits per heavy atom. The van der Waals surface area contributed by atoms with Crippen molar-refractivity contribution in [3.05, 3.63) is 59.0 Å². The Kier molecular flexibility index (Phi) is 4.70. The highest BCUT2D eigenvalue weighted by Crippen LogP contribution is 2.34. The second kappa shape index (κ2) is 7.17. The van der Waals surface area contributed by atoms with Crippen LogP contribution in [0, 0.1) is 12.7 Å². The molecule has 0 saturated carbocycles. The van der Waals surface area contributed by atoms with E-state index in [4.69, 9.17) is 16.3 Å². The number of hydrogen-bond donors (Lipinski definition) is 1. The van der Waals surface area contributed by atoms with Gasteiger partial charge in [-0.25, -0.2) is 8.91 Å². The number of rotatable bonds is 5. The normalized spacial score (nSPS) is 12.5. The van der Waals surface area contributed by atoms with Gasteiger partial charge in [-0.2, -0.15) is 5.10 Å². The molecule has 10 heteroatoms. The average molecular weight is 403 g/mol. The lowest BCUT2D eigenvalue weighted by atomic mass is 10.1. The van der Waals surface area contributed by atoms with E-state index in [1.165, 1.54) is 18.3 Å². The lowest BCUT2D eigenvalue weighted by Gasteiger charge is -2.18. The molecule has 0 aliphatic heterocycles. The van der Waals surface area contributed by atoms with Gasteiger partial charge in [0, 0.05) is 18.8 Å². The number of fused-ring (bicyclic) bond motifs is 1. The summed E-state index contributed by atoms with van der Waals surface area (Å²) in [5.41, 5.74) is 3.17. The molecule has 4 rings (SSSR count). The Balaban J connectivity index is 1.81. The van der Waals surface area contributed by atoms with Crippen LogP contribution in [0.5, 0.6) is 5.75 Å². The highest BCUT2D eigenvalue weighted by molar-refractivity contribution is 6.34. The van der Waals surface area contributed by atoms with E-state index in [2.05, 4.69) is 20.4 Å². The second-order valence-corrected chi connectivity index (χ2v) is 6.62. The molecule has 0 amide bonds. The number of pyridine rings is 2. The van der Waals surface area contributed by atoms with Crippen molar-refractivity contribution in [3.8, 4) is 17.0 Å². The fourth-order valence-electron chi connectivity index (χ4n) is 2.86. The van der Waals surface area contributed by atoms with Crippen LogP contribution in [0.25, 0.3) is 16.8 Å². The molecule has 144 valence electrons. The van der Waals surface area contributed by atoms with Crippen molar-refractivity contribution in [1.82, 2.24) is 29.6 Å². The molecular weight excluding hydrogens is 387 g/mol. The minimum absolute atomic E-state index is 0.356. The Morgan fingerprint density at radius 3 is 2.79 bits per heavy atom. The molecule has 0 radical (unpaired) electrons. The van der Waals surface area contributed by atoms with E-state index < -0.39 is 11.9 Å². The molecule has 4 aromatic heterocycles. The predicted molar refractivity (Wildman–Crippen MR) is 99.6 cm³/mol. The van der Waals surface area contributed by atoms with E-state index in [0.29, 0.717) is 27.7 Å². The number of halogens is 2. The molecule has 4 aromatic rings. The maximum atomic E-state index is 13.2. The molecule has 1 atom stereocenters. The van der Waals surface area contributed by atoms with Crippen LogP contribution in [0.4, 0.5) is 4.39 Å². The lowest BCUT2D eigenvalue weighted by Crippen LogP contribution is -2.14. The zero-order valence-corrected chi connectivity index (χ0v) is 15.8. The minimum atomic E-state index is -0.812. The first-order chi connectivity index (χ1) is 13.5. The van der Waals surface area contributed by atoms with Crippen molar-refractivity contribution in [1.29, 1.82) is 0 Å². The molecule has 8 nitrogen and oxygen atoms in total. The minimum Gasteiger partial charge on any atom is -0.479 e. The van der Waals surface area contributed by atoms with E-state index in [-0.39, 0.29) is 6.61 Å². The van der Waals surface area contributed by atoms with Crippen LogP contribution >= 0.6 is 11.6 Å². The molecule has 0 aromatic carbocycles. The van der Waals surface area contributed by atoms with Crippen molar-refractivity contribution >= 4 is 17.1 Å². The number of aryl methyl sites for hydroxylation is 1. The Bertz CT molecular complexity index is 1140. The first-order valence-electron chi connectivity index (χ1n) is 8.40. The SMILES string of the molecule is Cc1c(-c2cc(O[C@H](CO)c3ccc(F)cn3)c3c(Cl)cnn3c2)nnn1C. The Morgan fingerprint density at radius 1 is 1.32 bits per heavy atom. The van der Waals surface area contributed by atoms with Crippen LogP contribution in [0.1, 0.15) is 17.5 Å². The van der Waals surface area contributed by atoms with Gasteiger partial charge in [0.15, 0.2) is 6.10 Å². The van der Waals surface area contributed by atoms with Gasteiger partial charge in [0.1, 0.15) is 22.8 Å². The quantitative estimate of drug-likeness (QED) is 0.552. The maximum absolute atomic E-state index is 13.2. The van der Waals surface area contributed by atoms with Crippen LogP contribution in [-0.4, -0.2) is 41.3 Å². The third-order valence-corrected chi connectivity index (χ3v) is 4.70. The van der Waals surface area contributed by atoms with Gasteiger partial charge in [-0.1, -0.05) is 16.8 Å². The molecule has 0 aliphatic carbocycles. The third-order valence-electron chi connectivity index (χ3n) is 4.43. The summed E-state index contributed by atoms with van der Waals surface area (Å²) in [7, 11) is 1.80. The third kappa shape index (κ3) is 3.19. The van der Waals surface area contributed by atoms with Crippen LogP contribution in [0.15, 0.2) is 36.8 Å². The number of nitrogens with zero attached hydrogens (tertiary/aromatic N) is 6. The van der Waals surface area contributed by atoms with Crippen molar-refractivity contribution in [2.75, 3.05) is 6.61 Å². The molecular formula is C18H16ClFN6O2. The zero-order valence-electron chi connectivity index (χ0n) is 15.0. The first kappa shape index (κ1) is 18.3. The lowest BCUT2D eigenvalue weighted by molar-refractivity contribution is 0.114. The van der Waals surface area contributed by atoms with Crippen molar-refractivity contribution < 1.29 is 14.2 Å². The topological polar surface area (TPSA) is 90.4 Å². The fourth-order valence-corrected chi connectivity index (χ4v) is 3.08. The summed E-state index contributed by atoms with van der Waals surface area (Å²) < 4.78 is 22.4. The van der Waals surface area contributed by atoms with Gasteiger partial charge in [-0.15, -0.1) is 5.10 Å². The van der Waals surface area contributed by atoms with Gasteiger partial charge >= 0.3 is 0 Å². The van der Waals surface area contributed by atoms with Gasteiger partial charge in [0.25, 0.3) is 0 Å². The van der Waals surface area contributed by atoms with Gasteiger partial charge in [0.05, 0.1) is 35.4 Å². The molecule has 28 heavy (non-hydrogen) atoms. The Hall–Kier alpha value is -3.04. The number of hydrogen-bond acceptors (Lipinski definition) is 6. The van der Waals surface area contributed by atoms with Crippen molar-refractivity contribution in [2.24, 2.45) is 7.05 Å². The van der Waals surface area contributed by atoms with Gasteiger partial charge in [-0.05, 0) is 25.1 Å². The van der Waals surface area contributed by atoms with Crippen LogP contribution in [-0.2, 0) is 7.05 Å². The number of ether oxygens (including phenoxy) is 1. The van der Waals surface area contributed by atoms with E-state index in [9.17, 15) is 9.50 Å². The van der Waals surface area contributed by atoms with Crippen LogP contribution < -0.4 is 4.74 Å². The summed E-state index contributed by atoms with van der Waals surface area (Å²) in [5.74, 6) is -0.0861. The highest BCUT2D eigenvalue weighted by Gasteiger charge is 2.20. The fraction of sp³-hybridized carbons (Fsp3) is 0.222. The summed E-state index contributed by atoms with van der Waals surface area (Å²) in [4.78, 5) is 3.99. The zero-order chi connectivity index (χ0) is 19.8. The molecule has 0 spiro atoms. The summed E-state index contributed by atoms with van der Waals surface area (Å²) >= 11 is 6.28. The number of aromatic nitrogens is 6. The largest absolute Gasteiger partial charge is 0.479 e. The van der Waals surface area contributed by atoms with E-state index in [1.807, 2.05) is 6.92 Å². The van der Waals surface area contributed by atoms with Gasteiger partial charge < -0.3 is 9.84 Å². The summed E-state index contributed by atoms with van der Waals surface area (Å²) in [5, 5.41) is 22.6. The summed E-state index contributed by atoms with van der Waals surface area (Å²) in [6.07, 6.45) is 3.53. The summed E-state index contributed by atoms with van der Waals surface area (Å²) in [6.45, 7) is 1.54. The molecule has 0 unspecified atom stereocenters. The molecule has 1 N–H and O–H groups in total. The molecule has 0 bridgehead atoms. The molecule has 4 heterocycles. The van der Waals surface area contributed by atoms with E-state index in [1.54, 1.807) is 28.5 Å². The average Bonchev–Trinajstić information content (AvgIpc) is 3.23. The molecule has 0 saturated heterocycles. The smallest absolute Gasteiger partial charge is 0.163 e. The van der Waals surface area contributed by atoms with Crippen LogP contribution in [0.2, 0.25) is 5.02 Å². The highest BCUT2D eigenvalue weighted by atomic mass is 35.5. The van der Waals surface area contributed by atoms with Gasteiger partial charge in [0.2, 0.25) is 0 Å². The maximum Gasteiger partial charge on any atom is 0.163 e. The van der Waals surface area contributed by atoms with Crippen molar-refractivity contribution in [3.63, 3.8) is 0 Å². The predicted octanol–water partition coefficient (Wildman–Crippen LogP) is 2.74. The molecule has 0 aliphatic rings. The van der Waals surface area contributed by atoms with Gasteiger partial charge in [-0.3, -0.25) is 9.67 Å². The summed E-state index contributed by atoms with van der Waals surface area (Å²) in [6, 6.07) is 4.48.